The molecule has 7 heteroatoms. The van der Waals surface area contributed by atoms with Crippen molar-refractivity contribution in [2.24, 2.45) is 0 Å². The smallest absolute Gasteiger partial charge is 0.322 e. The number of carbonyl (C=O) groups excluding carboxylic acids is 2. The van der Waals surface area contributed by atoms with E-state index < -0.39 is 6.04 Å². The predicted octanol–water partition coefficient (Wildman–Crippen LogP) is 3.04. The molecule has 3 amide bonds. The maximum absolute atomic E-state index is 13.2. The Morgan fingerprint density at radius 2 is 2.20 bits per heavy atom. The fourth-order valence-corrected chi connectivity index (χ4v) is 2.94. The summed E-state index contributed by atoms with van der Waals surface area (Å²) in [7, 11) is 0. The number of aryl methyl sites for hydroxylation is 1. The number of benzene rings is 1. The highest BCUT2D eigenvalue weighted by Gasteiger charge is 2.34. The van der Waals surface area contributed by atoms with E-state index in [1.54, 1.807) is 25.3 Å². The Morgan fingerprint density at radius 1 is 1.36 bits per heavy atom. The van der Waals surface area contributed by atoms with Crippen LogP contribution in [0.1, 0.15) is 24.2 Å². The Labute approximate surface area is 145 Å². The number of hydrogen-bond acceptors (Lipinski definition) is 3. The first-order valence-corrected chi connectivity index (χ1v) is 8.18. The lowest BCUT2D eigenvalue weighted by Gasteiger charge is -2.24. The minimum absolute atomic E-state index is 0.208. The van der Waals surface area contributed by atoms with Gasteiger partial charge in [0.2, 0.25) is 5.91 Å². The van der Waals surface area contributed by atoms with E-state index in [1.807, 2.05) is 0 Å². The summed E-state index contributed by atoms with van der Waals surface area (Å²) in [6, 6.07) is 6.82. The van der Waals surface area contributed by atoms with Crippen molar-refractivity contribution in [1.29, 1.82) is 0 Å². The van der Waals surface area contributed by atoms with Crippen LogP contribution in [0.15, 0.2) is 41.0 Å². The molecule has 1 aliphatic heterocycles. The molecule has 0 radical (unpaired) electrons. The van der Waals surface area contributed by atoms with E-state index in [4.69, 9.17) is 4.42 Å². The molecule has 0 aliphatic carbocycles. The van der Waals surface area contributed by atoms with Crippen molar-refractivity contribution in [3.05, 3.63) is 53.7 Å². The molecule has 1 unspecified atom stereocenters. The third-order valence-corrected chi connectivity index (χ3v) is 4.26. The van der Waals surface area contributed by atoms with Gasteiger partial charge >= 0.3 is 6.03 Å². The monoisotopic (exact) mass is 345 g/mol. The van der Waals surface area contributed by atoms with E-state index in [2.05, 4.69) is 10.6 Å². The number of urea groups is 1. The van der Waals surface area contributed by atoms with Crippen LogP contribution in [0, 0.1) is 12.7 Å². The number of halogens is 1. The minimum Gasteiger partial charge on any atom is -0.467 e. The molecule has 2 aromatic rings. The molecule has 1 aliphatic rings. The zero-order chi connectivity index (χ0) is 17.8. The quantitative estimate of drug-likeness (QED) is 0.894. The van der Waals surface area contributed by atoms with E-state index in [-0.39, 0.29) is 24.3 Å². The molecule has 25 heavy (non-hydrogen) atoms. The van der Waals surface area contributed by atoms with Crippen LogP contribution >= 0.6 is 0 Å². The lowest BCUT2D eigenvalue weighted by atomic mass is 10.2. The zero-order valence-electron chi connectivity index (χ0n) is 13.9. The second-order valence-electron chi connectivity index (χ2n) is 6.04. The summed E-state index contributed by atoms with van der Waals surface area (Å²) in [5.74, 6) is 0.0935. The van der Waals surface area contributed by atoms with Gasteiger partial charge in [-0.3, -0.25) is 4.79 Å². The Balaban J connectivity index is 1.61. The van der Waals surface area contributed by atoms with Crippen LogP contribution in [0.2, 0.25) is 0 Å². The number of nitrogens with zero attached hydrogens (tertiary/aromatic N) is 1. The number of nitrogens with one attached hydrogen (secondary N) is 2. The maximum atomic E-state index is 13.2. The fraction of sp³-hybridized carbons (Fsp3) is 0.333. The van der Waals surface area contributed by atoms with Crippen LogP contribution in [0.25, 0.3) is 0 Å². The van der Waals surface area contributed by atoms with Gasteiger partial charge in [-0.25, -0.2) is 9.18 Å². The number of amides is 3. The third-order valence-electron chi connectivity index (χ3n) is 4.26. The Hall–Kier alpha value is -2.83. The van der Waals surface area contributed by atoms with Crippen LogP contribution in [-0.4, -0.2) is 29.4 Å². The van der Waals surface area contributed by atoms with E-state index in [1.165, 1.54) is 23.1 Å². The lowest BCUT2D eigenvalue weighted by Crippen LogP contribution is -2.47. The topological polar surface area (TPSA) is 74.6 Å². The van der Waals surface area contributed by atoms with Gasteiger partial charge in [0.15, 0.2) is 0 Å². The molecule has 1 fully saturated rings. The van der Waals surface area contributed by atoms with Gasteiger partial charge in [-0.1, -0.05) is 0 Å². The molecule has 1 aromatic heterocycles. The highest BCUT2D eigenvalue weighted by molar-refractivity contribution is 5.94. The van der Waals surface area contributed by atoms with Crippen LogP contribution in [0.4, 0.5) is 14.9 Å². The van der Waals surface area contributed by atoms with Gasteiger partial charge in [0.05, 0.1) is 12.8 Å². The van der Waals surface area contributed by atoms with E-state index >= 15 is 0 Å². The number of carbonyl (C=O) groups is 2. The molecular formula is C18H20FN3O3. The average molecular weight is 345 g/mol. The van der Waals surface area contributed by atoms with Crippen LogP contribution in [0.3, 0.4) is 0 Å². The van der Waals surface area contributed by atoms with Gasteiger partial charge in [0.1, 0.15) is 17.6 Å². The van der Waals surface area contributed by atoms with Gasteiger partial charge < -0.3 is 20.0 Å². The molecule has 2 N–H and O–H groups in total. The lowest BCUT2D eigenvalue weighted by molar-refractivity contribution is -0.124. The highest BCUT2D eigenvalue weighted by atomic mass is 19.1. The highest BCUT2D eigenvalue weighted by Crippen LogP contribution is 2.21. The van der Waals surface area contributed by atoms with Crippen LogP contribution < -0.4 is 10.6 Å². The molecule has 0 spiro atoms. The number of furan rings is 1. The van der Waals surface area contributed by atoms with Crippen molar-refractivity contribution in [2.75, 3.05) is 11.9 Å². The summed E-state index contributed by atoms with van der Waals surface area (Å²) in [6.45, 7) is 2.51. The van der Waals surface area contributed by atoms with Crippen LogP contribution in [-0.2, 0) is 11.3 Å². The van der Waals surface area contributed by atoms with Gasteiger partial charge in [0, 0.05) is 12.2 Å². The van der Waals surface area contributed by atoms with Crippen molar-refractivity contribution in [2.45, 2.75) is 32.4 Å². The summed E-state index contributed by atoms with van der Waals surface area (Å²) in [5.41, 5.74) is 1.17. The van der Waals surface area contributed by atoms with Gasteiger partial charge in [-0.15, -0.1) is 0 Å². The van der Waals surface area contributed by atoms with E-state index in [0.29, 0.717) is 30.0 Å². The molecule has 0 bridgehead atoms. The average Bonchev–Trinajstić information content (AvgIpc) is 3.26. The Kier molecular flexibility index (Phi) is 5.02. The Morgan fingerprint density at radius 3 is 2.92 bits per heavy atom. The molecule has 1 aromatic carbocycles. The predicted molar refractivity (Wildman–Crippen MR) is 90.4 cm³/mol. The number of rotatable bonds is 4. The molecular weight excluding hydrogens is 325 g/mol. The zero-order valence-corrected chi connectivity index (χ0v) is 13.9. The largest absolute Gasteiger partial charge is 0.467 e. The fourth-order valence-electron chi connectivity index (χ4n) is 2.94. The van der Waals surface area contributed by atoms with E-state index in [0.717, 1.165) is 6.42 Å². The SMILES string of the molecule is Cc1cc(F)ccc1NC(=O)N1CCCC1C(=O)NCc1ccco1. The summed E-state index contributed by atoms with van der Waals surface area (Å²) in [5, 5.41) is 5.55. The second kappa shape index (κ2) is 7.38. The van der Waals surface area contributed by atoms with Crippen molar-refractivity contribution in [3.8, 4) is 0 Å². The maximum Gasteiger partial charge on any atom is 0.322 e. The molecule has 132 valence electrons. The summed E-state index contributed by atoms with van der Waals surface area (Å²) >= 11 is 0. The summed E-state index contributed by atoms with van der Waals surface area (Å²) in [6.07, 6.45) is 2.91. The Bertz CT molecular complexity index is 761. The normalized spacial score (nSPS) is 16.7. The van der Waals surface area contributed by atoms with Gasteiger partial charge in [-0.05, 0) is 55.7 Å². The first-order valence-electron chi connectivity index (χ1n) is 8.18. The molecule has 1 saturated heterocycles. The molecule has 1 atom stereocenters. The van der Waals surface area contributed by atoms with Crippen molar-refractivity contribution >= 4 is 17.6 Å². The number of hydrogen-bond donors (Lipinski definition) is 2. The van der Waals surface area contributed by atoms with E-state index in [9.17, 15) is 14.0 Å². The molecule has 2 heterocycles. The van der Waals surface area contributed by atoms with Gasteiger partial charge in [-0.2, -0.15) is 0 Å². The molecule has 6 nitrogen and oxygen atoms in total. The summed E-state index contributed by atoms with van der Waals surface area (Å²) in [4.78, 5) is 26.4. The molecule has 3 rings (SSSR count). The number of anilines is 1. The minimum atomic E-state index is -0.518. The van der Waals surface area contributed by atoms with Crippen molar-refractivity contribution in [1.82, 2.24) is 10.2 Å². The first kappa shape index (κ1) is 17.0. The third kappa shape index (κ3) is 3.99. The van der Waals surface area contributed by atoms with Crippen molar-refractivity contribution in [3.63, 3.8) is 0 Å². The van der Waals surface area contributed by atoms with Crippen molar-refractivity contribution < 1.29 is 18.4 Å². The standard InChI is InChI=1S/C18H20FN3O3/c1-12-10-13(19)6-7-15(12)21-18(24)22-8-2-5-16(22)17(23)20-11-14-4-3-9-25-14/h3-4,6-7,9-10,16H,2,5,8,11H2,1H3,(H,20,23)(H,21,24). The summed E-state index contributed by atoms with van der Waals surface area (Å²) < 4.78 is 18.4. The molecule has 0 saturated carbocycles. The van der Waals surface area contributed by atoms with Crippen LogP contribution in [0.5, 0.6) is 0 Å². The number of likely N-dealkylation sites (tertiary alicyclic amines) is 1. The second-order valence-corrected chi connectivity index (χ2v) is 6.04. The first-order chi connectivity index (χ1) is 12.0. The van der Waals surface area contributed by atoms with Gasteiger partial charge in [0.25, 0.3) is 0 Å².